The summed E-state index contributed by atoms with van der Waals surface area (Å²) < 4.78 is 3.88. The summed E-state index contributed by atoms with van der Waals surface area (Å²) in [6, 6.07) is 18.0. The minimum absolute atomic E-state index is 0.137. The highest BCUT2D eigenvalue weighted by molar-refractivity contribution is 6.05. The molecule has 0 unspecified atom stereocenters. The van der Waals surface area contributed by atoms with E-state index in [1.54, 1.807) is 12.5 Å². The third kappa shape index (κ3) is 4.27. The molecule has 1 N–H and O–H groups in total. The van der Waals surface area contributed by atoms with Crippen molar-refractivity contribution in [2.45, 2.75) is 26.9 Å². The monoisotopic (exact) mass is 385 g/mol. The van der Waals surface area contributed by atoms with Gasteiger partial charge in [0.2, 0.25) is 0 Å². The van der Waals surface area contributed by atoms with Crippen molar-refractivity contribution in [3.05, 3.63) is 101 Å². The van der Waals surface area contributed by atoms with E-state index in [2.05, 4.69) is 27.5 Å². The Balaban J connectivity index is 1.47. The molecule has 0 aliphatic rings. The summed E-state index contributed by atoms with van der Waals surface area (Å²) in [5.74, 6) is -0.137. The Morgan fingerprint density at radius 2 is 1.69 bits per heavy atom. The van der Waals surface area contributed by atoms with Crippen LogP contribution < -0.4 is 5.32 Å². The van der Waals surface area contributed by atoms with Gasteiger partial charge in [-0.15, -0.1) is 0 Å². The average molecular weight is 385 g/mol. The van der Waals surface area contributed by atoms with Gasteiger partial charge in [0, 0.05) is 30.3 Å². The first-order chi connectivity index (χ1) is 14.1. The van der Waals surface area contributed by atoms with Gasteiger partial charge in [-0.05, 0) is 37.1 Å². The van der Waals surface area contributed by atoms with Gasteiger partial charge in [0.25, 0.3) is 5.91 Å². The third-order valence-electron chi connectivity index (χ3n) is 4.92. The largest absolute Gasteiger partial charge is 0.333 e. The van der Waals surface area contributed by atoms with Gasteiger partial charge in [-0.2, -0.15) is 5.10 Å². The van der Waals surface area contributed by atoms with Crippen LogP contribution in [0.5, 0.6) is 0 Å². The normalized spacial score (nSPS) is 10.8. The number of nitrogens with one attached hydrogen (secondary N) is 1. The fraction of sp³-hybridized carbons (Fsp3) is 0.174. The maximum absolute atomic E-state index is 12.9. The van der Waals surface area contributed by atoms with Crippen LogP contribution in [0.2, 0.25) is 0 Å². The number of aromatic nitrogens is 4. The predicted octanol–water partition coefficient (Wildman–Crippen LogP) is 4.05. The number of anilines is 1. The first-order valence-corrected chi connectivity index (χ1v) is 9.54. The zero-order chi connectivity index (χ0) is 20.2. The molecule has 2 heterocycles. The second kappa shape index (κ2) is 8.14. The molecule has 0 aliphatic carbocycles. The minimum atomic E-state index is -0.137. The van der Waals surface area contributed by atoms with Gasteiger partial charge < -0.3 is 9.88 Å². The first-order valence-electron chi connectivity index (χ1n) is 9.54. The summed E-state index contributed by atoms with van der Waals surface area (Å²) in [5, 5.41) is 7.56. The van der Waals surface area contributed by atoms with Gasteiger partial charge in [0.05, 0.1) is 24.1 Å². The summed E-state index contributed by atoms with van der Waals surface area (Å²) in [6.07, 6.45) is 5.47. The van der Waals surface area contributed by atoms with Crippen LogP contribution in [0, 0.1) is 13.8 Å². The Labute approximate surface area is 169 Å². The van der Waals surface area contributed by atoms with Gasteiger partial charge in [-0.1, -0.05) is 42.5 Å². The summed E-state index contributed by atoms with van der Waals surface area (Å²) in [7, 11) is 0. The fourth-order valence-corrected chi connectivity index (χ4v) is 3.41. The molecule has 0 saturated heterocycles. The van der Waals surface area contributed by atoms with E-state index in [-0.39, 0.29) is 5.91 Å². The minimum Gasteiger partial charge on any atom is -0.333 e. The molecule has 0 atom stereocenters. The molecule has 6 heteroatoms. The Kier molecular flexibility index (Phi) is 5.24. The maximum atomic E-state index is 12.9. The molecule has 146 valence electrons. The number of nitrogens with zero attached hydrogens (tertiary/aromatic N) is 4. The SMILES string of the molecule is Cc1nn(Cc2ccccc2)c(C)c1C(=O)Nc1ccc(Cn2ccnc2)cc1. The molecule has 4 rings (SSSR count). The van der Waals surface area contributed by atoms with Crippen molar-refractivity contribution in [1.82, 2.24) is 19.3 Å². The van der Waals surface area contributed by atoms with E-state index >= 15 is 0 Å². The van der Waals surface area contributed by atoms with Crippen LogP contribution in [-0.2, 0) is 13.1 Å². The molecular formula is C23H23N5O. The van der Waals surface area contributed by atoms with Gasteiger partial charge in [0.1, 0.15) is 0 Å². The van der Waals surface area contributed by atoms with Crippen molar-refractivity contribution in [1.29, 1.82) is 0 Å². The van der Waals surface area contributed by atoms with Crippen molar-refractivity contribution in [2.75, 3.05) is 5.32 Å². The van der Waals surface area contributed by atoms with Crippen molar-refractivity contribution in [3.63, 3.8) is 0 Å². The Hall–Kier alpha value is -3.67. The number of hydrogen-bond donors (Lipinski definition) is 1. The number of rotatable bonds is 6. The summed E-state index contributed by atoms with van der Waals surface area (Å²) >= 11 is 0. The summed E-state index contributed by atoms with van der Waals surface area (Å²) in [5.41, 5.74) is 5.28. The molecule has 2 aromatic carbocycles. The molecule has 0 fully saturated rings. The molecule has 4 aromatic rings. The van der Waals surface area contributed by atoms with E-state index < -0.39 is 0 Å². The quantitative estimate of drug-likeness (QED) is 0.545. The highest BCUT2D eigenvalue weighted by Gasteiger charge is 2.19. The van der Waals surface area contributed by atoms with E-state index in [9.17, 15) is 4.79 Å². The molecule has 1 amide bonds. The van der Waals surface area contributed by atoms with Gasteiger partial charge >= 0.3 is 0 Å². The van der Waals surface area contributed by atoms with Crippen molar-refractivity contribution >= 4 is 11.6 Å². The van der Waals surface area contributed by atoms with Crippen molar-refractivity contribution in [3.8, 4) is 0 Å². The lowest BCUT2D eigenvalue weighted by atomic mass is 10.1. The van der Waals surface area contributed by atoms with Crippen LogP contribution in [0.25, 0.3) is 0 Å². The highest BCUT2D eigenvalue weighted by atomic mass is 16.1. The molecule has 2 aromatic heterocycles. The number of amides is 1. The molecule has 0 saturated carbocycles. The van der Waals surface area contributed by atoms with E-state index in [0.717, 1.165) is 34.7 Å². The van der Waals surface area contributed by atoms with Crippen LogP contribution in [0.15, 0.2) is 73.3 Å². The number of imidazole rings is 1. The number of benzene rings is 2. The maximum Gasteiger partial charge on any atom is 0.259 e. The molecular weight excluding hydrogens is 362 g/mol. The van der Waals surface area contributed by atoms with Crippen LogP contribution >= 0.6 is 0 Å². The van der Waals surface area contributed by atoms with Crippen LogP contribution in [-0.4, -0.2) is 25.2 Å². The van der Waals surface area contributed by atoms with E-state index in [4.69, 9.17) is 0 Å². The molecule has 0 aliphatic heterocycles. The number of carbonyl (C=O) groups is 1. The first kappa shape index (κ1) is 18.7. The smallest absolute Gasteiger partial charge is 0.259 e. The molecule has 6 nitrogen and oxygen atoms in total. The Bertz CT molecular complexity index is 1100. The summed E-state index contributed by atoms with van der Waals surface area (Å²) in [6.45, 7) is 5.20. The topological polar surface area (TPSA) is 64.7 Å². The van der Waals surface area contributed by atoms with Crippen LogP contribution in [0.1, 0.15) is 32.9 Å². The zero-order valence-electron chi connectivity index (χ0n) is 16.5. The van der Waals surface area contributed by atoms with Crippen molar-refractivity contribution in [2.24, 2.45) is 0 Å². The summed E-state index contributed by atoms with van der Waals surface area (Å²) in [4.78, 5) is 16.9. The molecule has 0 spiro atoms. The Morgan fingerprint density at radius 3 is 2.38 bits per heavy atom. The molecule has 0 bridgehead atoms. The standard InChI is InChI=1S/C23H23N5O/c1-17-22(18(2)28(26-17)15-19-6-4-3-5-7-19)23(29)25-21-10-8-20(9-11-21)14-27-13-12-24-16-27/h3-13,16H,14-15H2,1-2H3,(H,25,29). The van der Waals surface area contributed by atoms with E-state index in [1.165, 1.54) is 0 Å². The second-order valence-corrected chi connectivity index (χ2v) is 7.08. The zero-order valence-corrected chi connectivity index (χ0v) is 16.5. The average Bonchev–Trinajstić information content (AvgIpc) is 3.32. The number of aryl methyl sites for hydroxylation is 1. The molecule has 0 radical (unpaired) electrons. The lowest BCUT2D eigenvalue weighted by molar-refractivity contribution is 0.102. The predicted molar refractivity (Wildman–Crippen MR) is 113 cm³/mol. The third-order valence-corrected chi connectivity index (χ3v) is 4.92. The lowest BCUT2D eigenvalue weighted by Crippen LogP contribution is -2.14. The van der Waals surface area contributed by atoms with E-state index in [0.29, 0.717) is 12.1 Å². The highest BCUT2D eigenvalue weighted by Crippen LogP contribution is 2.18. The lowest BCUT2D eigenvalue weighted by Gasteiger charge is -2.08. The number of hydrogen-bond acceptors (Lipinski definition) is 3. The van der Waals surface area contributed by atoms with Crippen LogP contribution in [0.3, 0.4) is 0 Å². The molecule has 29 heavy (non-hydrogen) atoms. The van der Waals surface area contributed by atoms with Gasteiger partial charge in [-0.25, -0.2) is 4.98 Å². The number of carbonyl (C=O) groups excluding carboxylic acids is 1. The second-order valence-electron chi connectivity index (χ2n) is 7.08. The Morgan fingerprint density at radius 1 is 0.966 bits per heavy atom. The van der Waals surface area contributed by atoms with Crippen LogP contribution in [0.4, 0.5) is 5.69 Å². The fourth-order valence-electron chi connectivity index (χ4n) is 3.41. The van der Waals surface area contributed by atoms with Gasteiger partial charge in [0.15, 0.2) is 0 Å². The van der Waals surface area contributed by atoms with Gasteiger partial charge in [-0.3, -0.25) is 9.48 Å². The van der Waals surface area contributed by atoms with E-state index in [1.807, 2.05) is 71.8 Å². The van der Waals surface area contributed by atoms with Crippen molar-refractivity contribution < 1.29 is 4.79 Å².